The molecule has 5 N–H and O–H groups in total. The molecule has 17 nitrogen and oxygen atoms in total. The van der Waals surface area contributed by atoms with Crippen molar-refractivity contribution in [3.8, 4) is 0 Å². The Balaban J connectivity index is 0.898. The van der Waals surface area contributed by atoms with Crippen LogP contribution in [0.5, 0.6) is 0 Å². The van der Waals surface area contributed by atoms with Crippen molar-refractivity contribution in [3.05, 3.63) is 35.9 Å². The summed E-state index contributed by atoms with van der Waals surface area (Å²) >= 11 is 0. The number of esters is 1. The number of fused-ring (bicyclic) bond motifs is 5. The van der Waals surface area contributed by atoms with E-state index in [-0.39, 0.29) is 37.6 Å². The lowest BCUT2D eigenvalue weighted by Crippen LogP contribution is -2.79. The number of methoxy groups -OCH3 is 3. The van der Waals surface area contributed by atoms with Gasteiger partial charge in [-0.25, -0.2) is 0 Å². The fraction of sp³-hybridized carbons (Fsp3) is 0.863. The smallest absolute Gasteiger partial charge is 0.302 e. The predicted molar refractivity (Wildman–Crippen MR) is 242 cm³/mol. The van der Waals surface area contributed by atoms with Crippen LogP contribution in [0.25, 0.3) is 0 Å². The van der Waals surface area contributed by atoms with Gasteiger partial charge in [0.15, 0.2) is 18.9 Å². The highest BCUT2D eigenvalue weighted by molar-refractivity contribution is 5.66. The molecule has 1 aromatic carbocycles. The molecule has 68 heavy (non-hydrogen) atoms. The Morgan fingerprint density at radius 1 is 0.735 bits per heavy atom. The van der Waals surface area contributed by atoms with E-state index in [1.54, 1.807) is 28.1 Å². The number of carbonyl (C=O) groups excluding carboxylic acids is 1. The molecule has 23 atom stereocenters. The van der Waals surface area contributed by atoms with Gasteiger partial charge < -0.3 is 77.6 Å². The average molecular weight is 965 g/mol. The molecule has 17 heteroatoms. The average Bonchev–Trinajstić information content (AvgIpc) is 3.54. The molecule has 3 heterocycles. The van der Waals surface area contributed by atoms with Gasteiger partial charge in [-0.2, -0.15) is 0 Å². The first-order chi connectivity index (χ1) is 32.2. The molecule has 3 aliphatic heterocycles. The molecular formula is C51H80O17. The zero-order valence-electron chi connectivity index (χ0n) is 41.7. The van der Waals surface area contributed by atoms with E-state index in [9.17, 15) is 30.3 Å². The van der Waals surface area contributed by atoms with Crippen molar-refractivity contribution >= 4 is 5.97 Å². The summed E-state index contributed by atoms with van der Waals surface area (Å²) in [6, 6.07) is 9.70. The lowest BCUT2D eigenvalue weighted by Gasteiger charge is -2.69. The van der Waals surface area contributed by atoms with Crippen LogP contribution in [0.4, 0.5) is 0 Å². The van der Waals surface area contributed by atoms with Crippen LogP contribution in [0.1, 0.15) is 118 Å². The zero-order valence-corrected chi connectivity index (χ0v) is 41.7. The molecule has 0 spiro atoms. The van der Waals surface area contributed by atoms with Gasteiger partial charge in [-0.15, -0.1) is 0 Å². The highest BCUT2D eigenvalue weighted by Crippen LogP contribution is 2.72. The number of aliphatic hydroxyl groups excluding tert-OH is 2. The van der Waals surface area contributed by atoms with Crippen LogP contribution >= 0.6 is 0 Å². The Labute approximate surface area is 401 Å². The number of rotatable bonds is 14. The highest BCUT2D eigenvalue weighted by atomic mass is 16.8. The molecule has 7 aliphatic rings. The van der Waals surface area contributed by atoms with Crippen molar-refractivity contribution in [2.24, 2.45) is 22.7 Å². The Morgan fingerprint density at radius 3 is 1.99 bits per heavy atom. The van der Waals surface area contributed by atoms with Gasteiger partial charge in [0, 0.05) is 41.1 Å². The number of hydrogen-bond acceptors (Lipinski definition) is 17. The fourth-order valence-corrected chi connectivity index (χ4v) is 14.3. The summed E-state index contributed by atoms with van der Waals surface area (Å²) in [6.07, 6.45) is -6.32. The minimum Gasteiger partial charge on any atom is -0.462 e. The van der Waals surface area contributed by atoms with Gasteiger partial charge in [0.05, 0.1) is 60.4 Å². The number of hydrogen-bond donors (Lipinski definition) is 5. The van der Waals surface area contributed by atoms with Crippen LogP contribution in [-0.2, 0) is 63.5 Å². The molecule has 1 aromatic rings. The molecule has 7 fully saturated rings. The maximum Gasteiger partial charge on any atom is 0.302 e. The Kier molecular flexibility index (Phi) is 15.6. The second-order valence-electron chi connectivity index (χ2n) is 21.7. The van der Waals surface area contributed by atoms with Crippen LogP contribution in [0.2, 0.25) is 0 Å². The van der Waals surface area contributed by atoms with Crippen molar-refractivity contribution in [1.82, 2.24) is 0 Å². The van der Waals surface area contributed by atoms with E-state index in [2.05, 4.69) is 6.92 Å². The van der Waals surface area contributed by atoms with Crippen molar-refractivity contribution in [2.75, 3.05) is 21.3 Å². The van der Waals surface area contributed by atoms with E-state index in [0.29, 0.717) is 44.9 Å². The van der Waals surface area contributed by atoms with E-state index in [1.807, 2.05) is 51.1 Å². The van der Waals surface area contributed by atoms with Gasteiger partial charge in [0.25, 0.3) is 0 Å². The molecule has 8 rings (SSSR count). The van der Waals surface area contributed by atoms with E-state index in [4.69, 9.17) is 52.1 Å². The number of carbonyl (C=O) groups is 1. The van der Waals surface area contributed by atoms with E-state index in [0.717, 1.165) is 12.0 Å². The third-order valence-electron chi connectivity index (χ3n) is 18.3. The van der Waals surface area contributed by atoms with Gasteiger partial charge in [-0.1, -0.05) is 44.2 Å². The van der Waals surface area contributed by atoms with Gasteiger partial charge in [-0.3, -0.25) is 4.79 Å². The summed E-state index contributed by atoms with van der Waals surface area (Å²) < 4.78 is 68.1. The van der Waals surface area contributed by atoms with Crippen LogP contribution in [0.3, 0.4) is 0 Å². The van der Waals surface area contributed by atoms with Gasteiger partial charge in [0.1, 0.15) is 47.8 Å². The van der Waals surface area contributed by atoms with E-state index >= 15 is 0 Å². The minimum atomic E-state index is -1.77. The molecule has 0 aromatic heterocycles. The predicted octanol–water partition coefficient (Wildman–Crippen LogP) is 4.07. The molecule has 0 radical (unpaired) electrons. The second-order valence-corrected chi connectivity index (χ2v) is 21.7. The summed E-state index contributed by atoms with van der Waals surface area (Å²) in [4.78, 5) is 12.9. The summed E-state index contributed by atoms with van der Waals surface area (Å²) in [5.74, 6) is -0.782. The van der Waals surface area contributed by atoms with Crippen LogP contribution < -0.4 is 0 Å². The third-order valence-corrected chi connectivity index (χ3v) is 18.3. The monoisotopic (exact) mass is 965 g/mol. The molecule has 1 unspecified atom stereocenters. The Hall–Kier alpha value is -1.91. The van der Waals surface area contributed by atoms with Crippen molar-refractivity contribution in [2.45, 2.75) is 234 Å². The summed E-state index contributed by atoms with van der Waals surface area (Å²) in [5.41, 5.74) is -5.83. The van der Waals surface area contributed by atoms with Gasteiger partial charge in [0.2, 0.25) is 0 Å². The molecule has 4 aliphatic carbocycles. The first-order valence-corrected chi connectivity index (χ1v) is 25.0. The topological polar surface area (TPSA) is 220 Å². The lowest BCUT2D eigenvalue weighted by molar-refractivity contribution is -0.353. The molecular weight excluding hydrogens is 885 g/mol. The quantitative estimate of drug-likeness (QED) is 0.131. The lowest BCUT2D eigenvalue weighted by atomic mass is 9.40. The Bertz CT molecular complexity index is 1860. The summed E-state index contributed by atoms with van der Waals surface area (Å²) in [6.45, 7) is 12.9. The molecule has 386 valence electrons. The number of aliphatic hydroxyl groups is 5. The maximum absolute atomic E-state index is 13.1. The molecule has 0 amide bonds. The Morgan fingerprint density at radius 2 is 1.37 bits per heavy atom. The molecule has 0 bridgehead atoms. The van der Waals surface area contributed by atoms with Crippen molar-refractivity contribution in [3.63, 3.8) is 0 Å². The molecule has 3 saturated heterocycles. The SMILES string of the molecule is CO[C@@H]1[C@@H](O)[C@H](O[C@@H]2[C@@H](C)O[C@@H](O[C@H]3[C@@H](OC)C[C@H](O[C@H]4CC[C@@]5(C)[C@@H](CC[C@]6(O)[C@@H]5C[C@@H](OC(C)=O)[C@@]5(C)[C@]6(O)CC[C@@]5(O)C(C)OCc5ccccc5)C4)O[C@@H]3C)C[C@H]2OC)O[C@H](C)[C@H]1O. The normalized spacial score (nSPS) is 49.8. The number of benzene rings is 1. The maximum atomic E-state index is 13.1. The first kappa shape index (κ1) is 52.4. The van der Waals surface area contributed by atoms with E-state index < -0.39 is 126 Å². The largest absolute Gasteiger partial charge is 0.462 e. The fourth-order valence-electron chi connectivity index (χ4n) is 14.3. The van der Waals surface area contributed by atoms with Crippen LogP contribution in [0, 0.1) is 22.7 Å². The molecule has 4 saturated carbocycles. The number of ether oxygens (including phenoxy) is 11. The first-order valence-electron chi connectivity index (χ1n) is 25.0. The van der Waals surface area contributed by atoms with Gasteiger partial charge in [-0.05, 0) is 102 Å². The van der Waals surface area contributed by atoms with Crippen LogP contribution in [-0.4, -0.2) is 168 Å². The second kappa shape index (κ2) is 20.2. The van der Waals surface area contributed by atoms with Gasteiger partial charge >= 0.3 is 5.97 Å². The van der Waals surface area contributed by atoms with E-state index in [1.165, 1.54) is 14.0 Å². The van der Waals surface area contributed by atoms with Crippen molar-refractivity contribution in [1.29, 1.82) is 0 Å². The summed E-state index contributed by atoms with van der Waals surface area (Å²) in [5, 5.41) is 60.4. The third kappa shape index (κ3) is 8.92. The van der Waals surface area contributed by atoms with Crippen LogP contribution in [0.15, 0.2) is 30.3 Å². The standard InChI is InChI=1S/C51H80O17/c1-27-41(53)45(60-10)42(54)46(64-27)68-44-29(3)63-40(24-36(44)59-9)67-43-28(2)62-39(23-35(43)58-8)66-34-17-18-47(6)33(22-34)16-19-50(56)37(47)25-38(65-31(5)52)48(7)49(55,20-21-51(48,50)57)30(4)61-26-32-14-12-11-13-15-32/h11-15,27-30,33-46,53-57H,16-26H2,1-10H3/t27-,28-,29-,30?,33+,34+,35+,36-,37-,38-,39+,40+,41-,42-,43-,44-,45+,46+,47+,48-,49-,50+,51-/m1/s1. The minimum absolute atomic E-state index is 0.133. The highest BCUT2D eigenvalue weighted by Gasteiger charge is 2.81. The summed E-state index contributed by atoms with van der Waals surface area (Å²) in [7, 11) is 4.65. The zero-order chi connectivity index (χ0) is 49.1. The van der Waals surface area contributed by atoms with Crippen molar-refractivity contribution < 1.29 is 82.4 Å².